The van der Waals surface area contributed by atoms with E-state index in [1.807, 2.05) is 11.0 Å². The van der Waals surface area contributed by atoms with E-state index in [2.05, 4.69) is 35.3 Å². The third-order valence-corrected chi connectivity index (χ3v) is 4.28. The van der Waals surface area contributed by atoms with Gasteiger partial charge in [-0.15, -0.1) is 5.10 Å². The Morgan fingerprint density at radius 1 is 1.33 bits per heavy atom. The minimum absolute atomic E-state index is 0.00151. The van der Waals surface area contributed by atoms with Crippen LogP contribution in [0.4, 0.5) is 0 Å². The lowest BCUT2D eigenvalue weighted by atomic mass is 10.0. The third-order valence-electron chi connectivity index (χ3n) is 4.28. The van der Waals surface area contributed by atoms with Gasteiger partial charge in [-0.1, -0.05) is 29.8 Å². The van der Waals surface area contributed by atoms with Crippen molar-refractivity contribution in [1.82, 2.24) is 15.1 Å². The smallest absolute Gasteiger partial charge is 0.233 e. The number of nitrogens with zero attached hydrogens (tertiary/aromatic N) is 3. The van der Waals surface area contributed by atoms with Crippen LogP contribution in [0, 0.1) is 6.92 Å². The molecule has 0 aliphatic carbocycles. The number of carbonyl (C=O) groups is 1. The van der Waals surface area contributed by atoms with Gasteiger partial charge in [0.1, 0.15) is 6.10 Å². The van der Waals surface area contributed by atoms with E-state index in [9.17, 15) is 4.79 Å². The Balaban J connectivity index is 1.51. The fourth-order valence-corrected chi connectivity index (χ4v) is 3.06. The van der Waals surface area contributed by atoms with Crippen LogP contribution in [0.3, 0.4) is 0 Å². The third kappa shape index (κ3) is 4.54. The van der Waals surface area contributed by atoms with Crippen molar-refractivity contribution in [3.8, 4) is 5.88 Å². The monoisotopic (exact) mass is 325 g/mol. The molecule has 0 bridgehead atoms. The van der Waals surface area contributed by atoms with Crippen molar-refractivity contribution in [2.45, 2.75) is 38.7 Å². The number of amides is 1. The maximum Gasteiger partial charge on any atom is 0.233 e. The molecule has 3 rings (SSSR count). The molecule has 1 aromatic carbocycles. The number of hydrogen-bond acceptors (Lipinski definition) is 4. The standard InChI is InChI=1S/C19H23N3O2/c1-15-5-2-6-16(13-15)9-10-19(23)22-12-4-7-17(14-22)24-18-8-3-11-20-21-18/h2-3,5-6,8,11,13,17H,4,7,9-10,12,14H2,1H3. The lowest BCUT2D eigenvalue weighted by Gasteiger charge is -2.32. The first-order valence-corrected chi connectivity index (χ1v) is 8.48. The van der Waals surface area contributed by atoms with Gasteiger partial charge in [-0.2, -0.15) is 5.10 Å². The first kappa shape index (κ1) is 16.4. The van der Waals surface area contributed by atoms with Gasteiger partial charge in [0.05, 0.1) is 6.54 Å². The molecule has 1 saturated heterocycles. The number of aryl methyl sites for hydroxylation is 2. The minimum Gasteiger partial charge on any atom is -0.471 e. The highest BCUT2D eigenvalue weighted by Gasteiger charge is 2.24. The molecule has 1 aromatic heterocycles. The topological polar surface area (TPSA) is 55.3 Å². The Morgan fingerprint density at radius 2 is 2.25 bits per heavy atom. The van der Waals surface area contributed by atoms with E-state index >= 15 is 0 Å². The van der Waals surface area contributed by atoms with Gasteiger partial charge in [-0.3, -0.25) is 4.79 Å². The zero-order chi connectivity index (χ0) is 16.8. The largest absolute Gasteiger partial charge is 0.471 e. The molecule has 1 atom stereocenters. The maximum absolute atomic E-state index is 12.5. The summed E-state index contributed by atoms with van der Waals surface area (Å²) < 4.78 is 5.85. The van der Waals surface area contributed by atoms with Gasteiger partial charge in [0, 0.05) is 25.2 Å². The van der Waals surface area contributed by atoms with Crippen LogP contribution in [-0.2, 0) is 11.2 Å². The molecule has 126 valence electrons. The van der Waals surface area contributed by atoms with Crippen molar-refractivity contribution in [3.05, 3.63) is 53.7 Å². The molecule has 1 amide bonds. The molecule has 1 fully saturated rings. The number of aromatic nitrogens is 2. The fraction of sp³-hybridized carbons (Fsp3) is 0.421. The van der Waals surface area contributed by atoms with Crippen LogP contribution in [-0.4, -0.2) is 40.2 Å². The van der Waals surface area contributed by atoms with E-state index < -0.39 is 0 Å². The SMILES string of the molecule is Cc1cccc(CCC(=O)N2CCCC(Oc3cccnn3)C2)c1. The summed E-state index contributed by atoms with van der Waals surface area (Å²) in [6, 6.07) is 11.9. The molecule has 0 spiro atoms. The molecule has 5 nitrogen and oxygen atoms in total. The van der Waals surface area contributed by atoms with Crippen molar-refractivity contribution >= 4 is 5.91 Å². The summed E-state index contributed by atoms with van der Waals surface area (Å²) >= 11 is 0. The first-order valence-electron chi connectivity index (χ1n) is 8.48. The molecule has 1 aliphatic heterocycles. The second-order valence-electron chi connectivity index (χ2n) is 6.27. The Bertz CT molecular complexity index is 675. The molecule has 2 heterocycles. The number of piperidine rings is 1. The van der Waals surface area contributed by atoms with Crippen LogP contribution in [0.1, 0.15) is 30.4 Å². The Morgan fingerprint density at radius 3 is 3.04 bits per heavy atom. The van der Waals surface area contributed by atoms with Gasteiger partial charge in [0.25, 0.3) is 0 Å². The number of ether oxygens (including phenoxy) is 1. The van der Waals surface area contributed by atoms with Gasteiger partial charge in [0.15, 0.2) is 0 Å². The van der Waals surface area contributed by atoms with Crippen LogP contribution in [0.15, 0.2) is 42.6 Å². The van der Waals surface area contributed by atoms with Crippen molar-refractivity contribution in [3.63, 3.8) is 0 Å². The van der Waals surface area contributed by atoms with Gasteiger partial charge in [0.2, 0.25) is 11.8 Å². The Labute approximate surface area is 142 Å². The molecule has 0 N–H and O–H groups in total. The highest BCUT2D eigenvalue weighted by molar-refractivity contribution is 5.76. The predicted octanol–water partition coefficient (Wildman–Crippen LogP) is 2.79. The van der Waals surface area contributed by atoms with Crippen LogP contribution >= 0.6 is 0 Å². The molecule has 0 radical (unpaired) electrons. The Kier molecular flexibility index (Phi) is 5.41. The predicted molar refractivity (Wildman–Crippen MR) is 91.8 cm³/mol. The molecule has 5 heteroatoms. The molecule has 24 heavy (non-hydrogen) atoms. The molecule has 2 aromatic rings. The number of likely N-dealkylation sites (tertiary alicyclic amines) is 1. The van der Waals surface area contributed by atoms with E-state index in [4.69, 9.17) is 4.74 Å². The number of carbonyl (C=O) groups excluding carboxylic acids is 1. The second-order valence-corrected chi connectivity index (χ2v) is 6.27. The first-order chi connectivity index (χ1) is 11.7. The van der Waals surface area contributed by atoms with Crippen LogP contribution in [0.2, 0.25) is 0 Å². The number of benzene rings is 1. The molecule has 1 unspecified atom stereocenters. The molecular formula is C19H23N3O2. The maximum atomic E-state index is 12.5. The second kappa shape index (κ2) is 7.90. The summed E-state index contributed by atoms with van der Waals surface area (Å²) in [4.78, 5) is 14.4. The van der Waals surface area contributed by atoms with Gasteiger partial charge < -0.3 is 9.64 Å². The van der Waals surface area contributed by atoms with E-state index in [1.165, 1.54) is 11.1 Å². The average molecular weight is 325 g/mol. The average Bonchev–Trinajstić information content (AvgIpc) is 2.61. The van der Waals surface area contributed by atoms with Crippen LogP contribution < -0.4 is 4.74 Å². The van der Waals surface area contributed by atoms with E-state index in [-0.39, 0.29) is 12.0 Å². The van der Waals surface area contributed by atoms with Gasteiger partial charge in [-0.05, 0) is 37.8 Å². The van der Waals surface area contributed by atoms with E-state index in [0.717, 1.165) is 25.8 Å². The highest BCUT2D eigenvalue weighted by atomic mass is 16.5. The van der Waals surface area contributed by atoms with Crippen molar-refractivity contribution in [1.29, 1.82) is 0 Å². The molecule has 0 saturated carbocycles. The summed E-state index contributed by atoms with van der Waals surface area (Å²) in [7, 11) is 0. The van der Waals surface area contributed by atoms with E-state index in [1.54, 1.807) is 18.3 Å². The van der Waals surface area contributed by atoms with E-state index in [0.29, 0.717) is 18.8 Å². The van der Waals surface area contributed by atoms with Crippen molar-refractivity contribution in [2.75, 3.05) is 13.1 Å². The zero-order valence-electron chi connectivity index (χ0n) is 14.0. The quantitative estimate of drug-likeness (QED) is 0.848. The van der Waals surface area contributed by atoms with Gasteiger partial charge in [-0.25, -0.2) is 0 Å². The van der Waals surface area contributed by atoms with Crippen LogP contribution in [0.25, 0.3) is 0 Å². The fourth-order valence-electron chi connectivity index (χ4n) is 3.06. The normalized spacial score (nSPS) is 17.5. The van der Waals surface area contributed by atoms with Crippen molar-refractivity contribution < 1.29 is 9.53 Å². The lowest BCUT2D eigenvalue weighted by molar-refractivity contribution is -0.133. The summed E-state index contributed by atoms with van der Waals surface area (Å²) in [5.74, 6) is 0.723. The highest BCUT2D eigenvalue weighted by Crippen LogP contribution is 2.17. The summed E-state index contributed by atoms with van der Waals surface area (Å²) in [5, 5.41) is 7.77. The summed E-state index contributed by atoms with van der Waals surface area (Å²) in [6.45, 7) is 3.51. The minimum atomic E-state index is -0.00151. The van der Waals surface area contributed by atoms with Gasteiger partial charge >= 0.3 is 0 Å². The number of hydrogen-bond donors (Lipinski definition) is 0. The summed E-state index contributed by atoms with van der Waals surface area (Å²) in [6.07, 6.45) is 4.85. The lowest BCUT2D eigenvalue weighted by Crippen LogP contribution is -2.44. The number of rotatable bonds is 5. The molecular weight excluding hydrogens is 302 g/mol. The summed E-state index contributed by atoms with van der Waals surface area (Å²) in [5.41, 5.74) is 2.45. The molecule has 1 aliphatic rings. The zero-order valence-corrected chi connectivity index (χ0v) is 14.0. The van der Waals surface area contributed by atoms with Crippen LogP contribution in [0.5, 0.6) is 5.88 Å². The van der Waals surface area contributed by atoms with Crippen molar-refractivity contribution in [2.24, 2.45) is 0 Å². The Hall–Kier alpha value is -2.43.